The maximum atomic E-state index is 14.1. The molecule has 0 bridgehead atoms. The maximum absolute atomic E-state index is 14.1. The summed E-state index contributed by atoms with van der Waals surface area (Å²) in [6, 6.07) is 2.92. The number of benzene rings is 1. The fraction of sp³-hybridized carbons (Fsp3) is 0.400. The van der Waals surface area contributed by atoms with Crippen LogP contribution in [0.3, 0.4) is 0 Å². The second-order valence-electron chi connectivity index (χ2n) is 4.33. The molecule has 0 amide bonds. The molecule has 1 aromatic rings. The van der Waals surface area contributed by atoms with Crippen LogP contribution in [0.5, 0.6) is 0 Å². The van der Waals surface area contributed by atoms with Crippen LogP contribution < -0.4 is 11.1 Å². The van der Waals surface area contributed by atoms with Crippen molar-refractivity contribution in [2.45, 2.75) is 13.3 Å². The number of hydrogen-bond acceptors (Lipinski definition) is 4. The van der Waals surface area contributed by atoms with E-state index in [2.05, 4.69) is 15.8 Å². The topological polar surface area (TPSA) is 64.3 Å². The van der Waals surface area contributed by atoms with Gasteiger partial charge in [-0.15, -0.1) is 0 Å². The molecular formula is C15H21FN2O2. The van der Waals surface area contributed by atoms with Gasteiger partial charge in [-0.1, -0.05) is 6.08 Å². The molecule has 0 radical (unpaired) electrons. The average Bonchev–Trinajstić information content (AvgIpc) is 2.49. The smallest absolute Gasteiger partial charge is 0.337 e. The molecule has 0 aliphatic carbocycles. The third-order valence-corrected chi connectivity index (χ3v) is 3.09. The monoisotopic (exact) mass is 280 g/mol. The van der Waals surface area contributed by atoms with E-state index in [-0.39, 0.29) is 11.4 Å². The van der Waals surface area contributed by atoms with Crippen LogP contribution in [0.1, 0.15) is 27.9 Å². The molecule has 0 fully saturated rings. The molecule has 0 unspecified atom stereocenters. The molecule has 3 N–H and O–H groups in total. The van der Waals surface area contributed by atoms with Crippen molar-refractivity contribution in [3.63, 3.8) is 0 Å². The number of aryl methyl sites for hydroxylation is 1. The Hall–Kier alpha value is -1.72. The van der Waals surface area contributed by atoms with Gasteiger partial charge < -0.3 is 15.8 Å². The minimum absolute atomic E-state index is 0.255. The predicted octanol–water partition coefficient (Wildman–Crippen LogP) is 1.87. The van der Waals surface area contributed by atoms with Crippen molar-refractivity contribution in [3.8, 4) is 0 Å². The Morgan fingerprint density at radius 1 is 1.40 bits per heavy atom. The van der Waals surface area contributed by atoms with Gasteiger partial charge in [0.15, 0.2) is 0 Å². The summed E-state index contributed by atoms with van der Waals surface area (Å²) < 4.78 is 18.7. The highest BCUT2D eigenvalue weighted by atomic mass is 19.1. The SMILES string of the molecule is CN.COC(=O)c1cc(C)c(C2=CCNCC2)c(F)c1. The zero-order valence-electron chi connectivity index (χ0n) is 12.1. The lowest BCUT2D eigenvalue weighted by atomic mass is 9.94. The molecule has 1 heterocycles. The summed E-state index contributed by atoms with van der Waals surface area (Å²) in [6.45, 7) is 3.42. The zero-order chi connectivity index (χ0) is 15.1. The van der Waals surface area contributed by atoms with Crippen molar-refractivity contribution in [1.29, 1.82) is 0 Å². The Morgan fingerprint density at radius 2 is 2.10 bits per heavy atom. The normalized spacial score (nSPS) is 13.9. The molecule has 5 heteroatoms. The van der Waals surface area contributed by atoms with Crippen molar-refractivity contribution in [2.24, 2.45) is 5.73 Å². The highest BCUT2D eigenvalue weighted by Crippen LogP contribution is 2.27. The largest absolute Gasteiger partial charge is 0.465 e. The van der Waals surface area contributed by atoms with Gasteiger partial charge in [-0.2, -0.15) is 0 Å². The van der Waals surface area contributed by atoms with Crippen molar-refractivity contribution >= 4 is 11.5 Å². The summed E-state index contributed by atoms with van der Waals surface area (Å²) in [6.07, 6.45) is 2.79. The molecule has 0 saturated carbocycles. The van der Waals surface area contributed by atoms with E-state index >= 15 is 0 Å². The van der Waals surface area contributed by atoms with Gasteiger partial charge in [0.25, 0.3) is 0 Å². The number of nitrogens with one attached hydrogen (secondary N) is 1. The van der Waals surface area contributed by atoms with E-state index in [0.29, 0.717) is 5.56 Å². The quantitative estimate of drug-likeness (QED) is 0.812. The fourth-order valence-corrected chi connectivity index (χ4v) is 2.24. The van der Waals surface area contributed by atoms with Crippen LogP contribution in [0.4, 0.5) is 4.39 Å². The second-order valence-corrected chi connectivity index (χ2v) is 4.33. The number of hydrogen-bond donors (Lipinski definition) is 2. The van der Waals surface area contributed by atoms with E-state index in [9.17, 15) is 9.18 Å². The molecule has 2 rings (SSSR count). The van der Waals surface area contributed by atoms with Gasteiger partial charge in [-0.05, 0) is 50.2 Å². The molecule has 110 valence electrons. The van der Waals surface area contributed by atoms with E-state index in [0.717, 1.165) is 30.6 Å². The van der Waals surface area contributed by atoms with Crippen molar-refractivity contribution in [2.75, 3.05) is 27.2 Å². The molecule has 1 aromatic carbocycles. The van der Waals surface area contributed by atoms with Crippen molar-refractivity contribution < 1.29 is 13.9 Å². The van der Waals surface area contributed by atoms with Gasteiger partial charge in [-0.3, -0.25) is 0 Å². The Kier molecular flexibility index (Phi) is 6.35. The molecule has 1 aliphatic heterocycles. The first kappa shape index (κ1) is 16.3. The average molecular weight is 280 g/mol. The number of esters is 1. The van der Waals surface area contributed by atoms with Crippen LogP contribution in [0.15, 0.2) is 18.2 Å². The first-order chi connectivity index (χ1) is 9.63. The van der Waals surface area contributed by atoms with Crippen LogP contribution >= 0.6 is 0 Å². The third kappa shape index (κ3) is 3.65. The minimum atomic E-state index is -0.511. The van der Waals surface area contributed by atoms with E-state index in [1.54, 1.807) is 6.07 Å². The maximum Gasteiger partial charge on any atom is 0.337 e. The van der Waals surface area contributed by atoms with E-state index in [1.807, 2.05) is 13.0 Å². The van der Waals surface area contributed by atoms with E-state index in [1.165, 1.54) is 20.2 Å². The van der Waals surface area contributed by atoms with Gasteiger partial charge in [0, 0.05) is 12.1 Å². The lowest BCUT2D eigenvalue weighted by Gasteiger charge is -2.17. The van der Waals surface area contributed by atoms with Gasteiger partial charge >= 0.3 is 5.97 Å². The molecular weight excluding hydrogens is 259 g/mol. The molecule has 4 nitrogen and oxygen atoms in total. The zero-order valence-corrected chi connectivity index (χ0v) is 12.1. The number of ether oxygens (including phenoxy) is 1. The molecule has 0 aromatic heterocycles. The summed E-state index contributed by atoms with van der Waals surface area (Å²) in [5.41, 5.74) is 7.14. The van der Waals surface area contributed by atoms with Crippen LogP contribution in [0, 0.1) is 12.7 Å². The van der Waals surface area contributed by atoms with Gasteiger partial charge in [0.2, 0.25) is 0 Å². The van der Waals surface area contributed by atoms with E-state index < -0.39 is 5.97 Å². The van der Waals surface area contributed by atoms with Gasteiger partial charge in [-0.25, -0.2) is 9.18 Å². The highest BCUT2D eigenvalue weighted by Gasteiger charge is 2.17. The Balaban J connectivity index is 0.000000956. The lowest BCUT2D eigenvalue weighted by molar-refractivity contribution is 0.0600. The van der Waals surface area contributed by atoms with Crippen molar-refractivity contribution in [3.05, 3.63) is 40.7 Å². The minimum Gasteiger partial charge on any atom is -0.465 e. The molecule has 0 atom stereocenters. The molecule has 0 spiro atoms. The number of nitrogens with two attached hydrogens (primary N) is 1. The predicted molar refractivity (Wildman–Crippen MR) is 78.1 cm³/mol. The van der Waals surface area contributed by atoms with Crippen LogP contribution in [0.25, 0.3) is 5.57 Å². The third-order valence-electron chi connectivity index (χ3n) is 3.09. The fourth-order valence-electron chi connectivity index (χ4n) is 2.24. The number of methoxy groups -OCH3 is 1. The Bertz CT molecular complexity index is 490. The van der Waals surface area contributed by atoms with E-state index in [4.69, 9.17) is 0 Å². The van der Waals surface area contributed by atoms with Crippen LogP contribution in [-0.4, -0.2) is 33.2 Å². The summed E-state index contributed by atoms with van der Waals surface area (Å²) in [4.78, 5) is 11.4. The summed E-state index contributed by atoms with van der Waals surface area (Å²) >= 11 is 0. The molecule has 0 saturated heterocycles. The van der Waals surface area contributed by atoms with Crippen LogP contribution in [-0.2, 0) is 4.74 Å². The Labute approximate surface area is 118 Å². The standard InChI is InChI=1S/C14H16FNO2.CH5N/c1-9-7-11(14(17)18-2)8-12(15)13(9)10-3-5-16-6-4-10;1-2/h3,7-8,16H,4-6H2,1-2H3;2H2,1H3. The number of carbonyl (C=O) groups is 1. The first-order valence-corrected chi connectivity index (χ1v) is 6.50. The lowest BCUT2D eigenvalue weighted by Crippen LogP contribution is -2.20. The number of rotatable bonds is 2. The molecule has 1 aliphatic rings. The summed E-state index contributed by atoms with van der Waals surface area (Å²) in [5, 5.41) is 3.19. The number of carbonyl (C=O) groups excluding carboxylic acids is 1. The van der Waals surface area contributed by atoms with Gasteiger partial charge in [0.05, 0.1) is 12.7 Å². The number of halogens is 1. The first-order valence-electron chi connectivity index (χ1n) is 6.50. The second kappa shape index (κ2) is 7.77. The summed E-state index contributed by atoms with van der Waals surface area (Å²) in [5.74, 6) is -0.869. The Morgan fingerprint density at radius 3 is 2.60 bits per heavy atom. The highest BCUT2D eigenvalue weighted by molar-refractivity contribution is 5.90. The molecule has 20 heavy (non-hydrogen) atoms. The van der Waals surface area contributed by atoms with Crippen molar-refractivity contribution in [1.82, 2.24) is 5.32 Å². The van der Waals surface area contributed by atoms with Gasteiger partial charge in [0.1, 0.15) is 5.82 Å². The summed E-state index contributed by atoms with van der Waals surface area (Å²) in [7, 11) is 2.79. The van der Waals surface area contributed by atoms with Crippen LogP contribution in [0.2, 0.25) is 0 Å².